The average Bonchev–Trinajstić information content (AvgIpc) is 3.58. The third-order valence-electron chi connectivity index (χ3n) is 6.21. The van der Waals surface area contributed by atoms with Gasteiger partial charge in [0.25, 0.3) is 5.91 Å². The van der Waals surface area contributed by atoms with Crippen molar-refractivity contribution in [3.05, 3.63) is 83.8 Å². The van der Waals surface area contributed by atoms with Crippen LogP contribution < -0.4 is 15.0 Å². The number of benzene rings is 2. The predicted octanol–water partition coefficient (Wildman–Crippen LogP) is 5.33. The number of nitrogens with zero attached hydrogens (tertiary/aromatic N) is 1. The lowest BCUT2D eigenvalue weighted by Crippen LogP contribution is -2.46. The molecule has 3 aromatic rings. The molecular weight excluding hydrogens is 444 g/mol. The molecule has 1 fully saturated rings. The molecule has 1 saturated carbocycles. The molecule has 1 aliphatic rings. The van der Waals surface area contributed by atoms with Gasteiger partial charge in [-0.15, -0.1) is 0 Å². The van der Waals surface area contributed by atoms with E-state index >= 15 is 0 Å². The highest BCUT2D eigenvalue weighted by Gasteiger charge is 2.37. The third-order valence-corrected chi connectivity index (χ3v) is 6.21. The van der Waals surface area contributed by atoms with Crippen molar-refractivity contribution in [1.29, 1.82) is 0 Å². The van der Waals surface area contributed by atoms with Gasteiger partial charge in [0.05, 0.1) is 18.6 Å². The van der Waals surface area contributed by atoms with Crippen LogP contribution in [-0.2, 0) is 4.79 Å². The zero-order valence-electron chi connectivity index (χ0n) is 20.0. The molecule has 7 heteroatoms. The lowest BCUT2D eigenvalue weighted by Gasteiger charge is -2.32. The lowest BCUT2D eigenvalue weighted by molar-refractivity contribution is -0.123. The highest BCUT2D eigenvalue weighted by molar-refractivity contribution is 6.12. The van der Waals surface area contributed by atoms with E-state index in [0.29, 0.717) is 29.2 Å². The van der Waals surface area contributed by atoms with Crippen LogP contribution in [0.4, 0.5) is 5.69 Å². The van der Waals surface area contributed by atoms with Crippen LogP contribution >= 0.6 is 0 Å². The van der Waals surface area contributed by atoms with Gasteiger partial charge < -0.3 is 14.5 Å². The molecule has 35 heavy (non-hydrogen) atoms. The van der Waals surface area contributed by atoms with Crippen LogP contribution in [0, 0.1) is 0 Å². The third kappa shape index (κ3) is 5.45. The summed E-state index contributed by atoms with van der Waals surface area (Å²) in [5, 5.41) is 3.14. The van der Waals surface area contributed by atoms with E-state index in [2.05, 4.69) is 5.32 Å². The van der Waals surface area contributed by atoms with E-state index in [0.717, 1.165) is 25.7 Å². The first kappa shape index (κ1) is 24.3. The zero-order chi connectivity index (χ0) is 24.8. The van der Waals surface area contributed by atoms with Crippen LogP contribution in [0.3, 0.4) is 0 Å². The predicted molar refractivity (Wildman–Crippen MR) is 133 cm³/mol. The zero-order valence-corrected chi connectivity index (χ0v) is 20.0. The number of hydrogen-bond acceptors (Lipinski definition) is 5. The summed E-state index contributed by atoms with van der Waals surface area (Å²) in [5.41, 5.74) is 1.29. The fourth-order valence-corrected chi connectivity index (χ4v) is 4.55. The maximum atomic E-state index is 13.8. The molecule has 0 unspecified atom stereocenters. The lowest BCUT2D eigenvalue weighted by atomic mass is 9.99. The van der Waals surface area contributed by atoms with Gasteiger partial charge >= 0.3 is 0 Å². The van der Waals surface area contributed by atoms with Crippen molar-refractivity contribution in [2.75, 3.05) is 11.5 Å². The fourth-order valence-electron chi connectivity index (χ4n) is 4.55. The second-order valence-electron chi connectivity index (χ2n) is 8.62. The van der Waals surface area contributed by atoms with E-state index in [1.54, 1.807) is 60.7 Å². The summed E-state index contributed by atoms with van der Waals surface area (Å²) in [6.07, 6.45) is 5.32. The van der Waals surface area contributed by atoms with Gasteiger partial charge in [0.1, 0.15) is 11.8 Å². The van der Waals surface area contributed by atoms with Crippen LogP contribution in [0.15, 0.2) is 71.3 Å². The molecule has 182 valence electrons. The Labute approximate surface area is 205 Å². The van der Waals surface area contributed by atoms with Crippen LogP contribution in [0.5, 0.6) is 5.75 Å². The normalized spacial score (nSPS) is 14.3. The van der Waals surface area contributed by atoms with Crippen molar-refractivity contribution in [2.45, 2.75) is 51.6 Å². The SMILES string of the molecule is CCOc1ccc([C@H](C(=O)NC2CCCC2)N(C(=O)c2ccco2)c2ccccc2C(C)=O)cc1. The summed E-state index contributed by atoms with van der Waals surface area (Å²) in [4.78, 5) is 41.5. The van der Waals surface area contributed by atoms with Crippen molar-refractivity contribution >= 4 is 23.3 Å². The molecule has 0 spiro atoms. The minimum absolute atomic E-state index is 0.0521. The number of para-hydroxylation sites is 1. The second-order valence-corrected chi connectivity index (χ2v) is 8.62. The van der Waals surface area contributed by atoms with Crippen LogP contribution in [0.1, 0.15) is 72.0 Å². The number of Topliss-reactive ketones (excluding diaryl/α,β-unsaturated/α-hetero) is 1. The molecule has 1 aliphatic carbocycles. The van der Waals surface area contributed by atoms with Crippen molar-refractivity contribution in [2.24, 2.45) is 0 Å². The Morgan fingerprint density at radius 3 is 2.37 bits per heavy atom. The van der Waals surface area contributed by atoms with E-state index in [1.807, 2.05) is 6.92 Å². The number of carbonyl (C=O) groups is 3. The molecule has 0 bridgehead atoms. The standard InChI is InChI=1S/C28H30N2O5/c1-3-34-22-16-14-20(15-17-22)26(27(32)29-21-9-4-5-10-21)30(28(33)25-13-8-18-35-25)24-12-7-6-11-23(24)19(2)31/h6-8,11-18,21,26H,3-5,9-10H2,1-2H3,(H,29,32)/t26-/m1/s1. The highest BCUT2D eigenvalue weighted by Crippen LogP contribution is 2.34. The van der Waals surface area contributed by atoms with E-state index < -0.39 is 11.9 Å². The number of anilines is 1. The number of ketones is 1. The number of rotatable bonds is 9. The Morgan fingerprint density at radius 2 is 1.74 bits per heavy atom. The van der Waals surface area contributed by atoms with E-state index in [9.17, 15) is 14.4 Å². The van der Waals surface area contributed by atoms with Crippen molar-refractivity contribution in [3.63, 3.8) is 0 Å². The molecular formula is C28H30N2O5. The summed E-state index contributed by atoms with van der Waals surface area (Å²) < 4.78 is 11.0. The average molecular weight is 475 g/mol. The largest absolute Gasteiger partial charge is 0.494 e. The fraction of sp³-hybridized carbons (Fsp3) is 0.321. The number of amides is 2. The Balaban J connectivity index is 1.85. The number of furan rings is 1. The molecule has 0 aliphatic heterocycles. The Morgan fingerprint density at radius 1 is 1.03 bits per heavy atom. The number of hydrogen-bond donors (Lipinski definition) is 1. The van der Waals surface area contributed by atoms with Gasteiger partial charge in [0, 0.05) is 11.6 Å². The van der Waals surface area contributed by atoms with Gasteiger partial charge in [-0.2, -0.15) is 0 Å². The topological polar surface area (TPSA) is 88.8 Å². The molecule has 4 rings (SSSR count). The summed E-state index contributed by atoms with van der Waals surface area (Å²) in [7, 11) is 0. The minimum Gasteiger partial charge on any atom is -0.494 e. The first-order chi connectivity index (χ1) is 17.0. The van der Waals surface area contributed by atoms with Gasteiger partial charge in [0.2, 0.25) is 5.91 Å². The Hall–Kier alpha value is -3.87. The Kier molecular flexibility index (Phi) is 7.65. The molecule has 0 saturated heterocycles. The van der Waals surface area contributed by atoms with E-state index in [4.69, 9.17) is 9.15 Å². The molecule has 1 N–H and O–H groups in total. The summed E-state index contributed by atoms with van der Waals surface area (Å²) in [6.45, 7) is 3.85. The monoisotopic (exact) mass is 474 g/mol. The molecule has 1 heterocycles. The van der Waals surface area contributed by atoms with Gasteiger partial charge in [-0.3, -0.25) is 19.3 Å². The molecule has 1 aromatic heterocycles. The molecule has 0 radical (unpaired) electrons. The quantitative estimate of drug-likeness (QED) is 0.424. The molecule has 2 aromatic carbocycles. The summed E-state index contributed by atoms with van der Waals surface area (Å²) in [5.74, 6) is -0.282. The van der Waals surface area contributed by atoms with Gasteiger partial charge in [-0.05, 0) is 68.7 Å². The first-order valence-electron chi connectivity index (χ1n) is 12.0. The van der Waals surface area contributed by atoms with Crippen LogP contribution in [-0.4, -0.2) is 30.2 Å². The maximum absolute atomic E-state index is 13.8. The summed E-state index contributed by atoms with van der Waals surface area (Å²) >= 11 is 0. The van der Waals surface area contributed by atoms with Crippen molar-refractivity contribution in [1.82, 2.24) is 5.32 Å². The molecule has 7 nitrogen and oxygen atoms in total. The second kappa shape index (κ2) is 11.0. The van der Waals surface area contributed by atoms with Crippen LogP contribution in [0.25, 0.3) is 0 Å². The summed E-state index contributed by atoms with van der Waals surface area (Å²) in [6, 6.07) is 16.1. The maximum Gasteiger partial charge on any atom is 0.294 e. The number of nitrogens with one attached hydrogen (secondary N) is 1. The van der Waals surface area contributed by atoms with Gasteiger partial charge in [-0.1, -0.05) is 37.1 Å². The van der Waals surface area contributed by atoms with Crippen molar-refractivity contribution in [3.8, 4) is 5.75 Å². The van der Waals surface area contributed by atoms with Gasteiger partial charge in [-0.25, -0.2) is 0 Å². The highest BCUT2D eigenvalue weighted by atomic mass is 16.5. The molecule has 2 amide bonds. The smallest absolute Gasteiger partial charge is 0.294 e. The Bertz CT molecular complexity index is 1160. The number of carbonyl (C=O) groups excluding carboxylic acids is 3. The van der Waals surface area contributed by atoms with Crippen LogP contribution in [0.2, 0.25) is 0 Å². The van der Waals surface area contributed by atoms with Gasteiger partial charge in [0.15, 0.2) is 11.5 Å². The minimum atomic E-state index is -1.02. The number of ether oxygens (including phenoxy) is 1. The molecule has 1 atom stereocenters. The van der Waals surface area contributed by atoms with E-state index in [1.165, 1.54) is 18.1 Å². The first-order valence-corrected chi connectivity index (χ1v) is 12.0. The van der Waals surface area contributed by atoms with Crippen molar-refractivity contribution < 1.29 is 23.5 Å². The van der Waals surface area contributed by atoms with E-state index in [-0.39, 0.29) is 23.5 Å².